The van der Waals surface area contributed by atoms with Crippen LogP contribution in [0.2, 0.25) is 0 Å². The third-order valence-electron chi connectivity index (χ3n) is 7.34. The molecule has 0 aliphatic heterocycles. The van der Waals surface area contributed by atoms with Gasteiger partial charge in [-0.25, -0.2) is 4.79 Å². The number of rotatable bonds is 6. The first-order chi connectivity index (χ1) is 15.0. The lowest BCUT2D eigenvalue weighted by atomic mass is 9.54. The molecule has 0 saturated heterocycles. The van der Waals surface area contributed by atoms with E-state index in [9.17, 15) is 14.7 Å². The van der Waals surface area contributed by atoms with Crippen molar-refractivity contribution in [3.63, 3.8) is 0 Å². The van der Waals surface area contributed by atoms with Gasteiger partial charge in [0.25, 0.3) is 5.91 Å². The van der Waals surface area contributed by atoms with Gasteiger partial charge in [-0.1, -0.05) is 48.5 Å². The predicted octanol–water partition coefficient (Wildman–Crippen LogP) is 4.03. The molecule has 2 aromatic carbocycles. The Labute approximate surface area is 182 Å². The Kier molecular flexibility index (Phi) is 5.30. The number of amides is 1. The first-order valence-corrected chi connectivity index (χ1v) is 11.3. The second-order valence-electron chi connectivity index (χ2n) is 9.69. The average Bonchev–Trinajstić information content (AvgIpc) is 2.77. The molecule has 4 aliphatic rings. The van der Waals surface area contributed by atoms with Crippen LogP contribution in [0.5, 0.6) is 0 Å². The van der Waals surface area contributed by atoms with Crippen LogP contribution in [0, 0.1) is 17.8 Å². The lowest BCUT2D eigenvalue weighted by molar-refractivity contribution is -0.196. The van der Waals surface area contributed by atoms with Crippen LogP contribution in [0.4, 0.5) is 0 Å². The zero-order chi connectivity index (χ0) is 21.4. The van der Waals surface area contributed by atoms with E-state index in [2.05, 4.69) is 5.32 Å². The maximum Gasteiger partial charge on any atom is 0.338 e. The van der Waals surface area contributed by atoms with E-state index < -0.39 is 23.7 Å². The molecular formula is C26H29NO4. The highest BCUT2D eigenvalue weighted by molar-refractivity contribution is 5.94. The topological polar surface area (TPSA) is 75.6 Å². The monoisotopic (exact) mass is 419 g/mol. The molecule has 31 heavy (non-hydrogen) atoms. The molecule has 2 N–H and O–H groups in total. The SMILES string of the molecule is O=C(N[C@@H](c1ccccc1)[C@@H](O)C(=O)OC12CC3CC(CC(C3)C1)C2)c1ccccc1. The van der Waals surface area contributed by atoms with E-state index >= 15 is 0 Å². The number of carbonyl (C=O) groups excluding carboxylic acids is 2. The summed E-state index contributed by atoms with van der Waals surface area (Å²) in [5.74, 6) is 0.942. The lowest BCUT2D eigenvalue weighted by Gasteiger charge is -2.55. The van der Waals surface area contributed by atoms with Crippen molar-refractivity contribution < 1.29 is 19.4 Å². The Morgan fingerprint density at radius 3 is 1.94 bits per heavy atom. The molecule has 4 saturated carbocycles. The molecule has 5 heteroatoms. The van der Waals surface area contributed by atoms with E-state index in [1.54, 1.807) is 36.4 Å². The molecule has 0 heterocycles. The van der Waals surface area contributed by atoms with Crippen LogP contribution in [-0.4, -0.2) is 28.7 Å². The van der Waals surface area contributed by atoms with Crippen molar-refractivity contribution in [3.05, 3.63) is 71.8 Å². The number of aliphatic hydroxyl groups is 1. The first kappa shape index (κ1) is 20.3. The van der Waals surface area contributed by atoms with Crippen molar-refractivity contribution in [2.45, 2.75) is 56.3 Å². The van der Waals surface area contributed by atoms with Gasteiger partial charge >= 0.3 is 5.97 Å². The van der Waals surface area contributed by atoms with E-state index in [1.165, 1.54) is 19.3 Å². The normalized spacial score (nSPS) is 30.4. The van der Waals surface area contributed by atoms with Crippen molar-refractivity contribution in [3.8, 4) is 0 Å². The van der Waals surface area contributed by atoms with Crippen molar-refractivity contribution in [1.82, 2.24) is 5.32 Å². The van der Waals surface area contributed by atoms with Crippen molar-refractivity contribution >= 4 is 11.9 Å². The number of aliphatic hydroxyl groups excluding tert-OH is 1. The fourth-order valence-corrected chi connectivity index (χ4v) is 6.39. The second kappa shape index (κ2) is 8.12. The number of carbonyl (C=O) groups is 2. The van der Waals surface area contributed by atoms with Gasteiger partial charge in [0, 0.05) is 5.56 Å². The number of benzene rings is 2. The van der Waals surface area contributed by atoms with E-state index in [-0.39, 0.29) is 5.91 Å². The largest absolute Gasteiger partial charge is 0.457 e. The molecule has 0 unspecified atom stereocenters. The molecule has 4 fully saturated rings. The Balaban J connectivity index is 1.35. The number of esters is 1. The molecule has 5 nitrogen and oxygen atoms in total. The number of nitrogens with one attached hydrogen (secondary N) is 1. The van der Waals surface area contributed by atoms with Crippen LogP contribution in [0.25, 0.3) is 0 Å². The van der Waals surface area contributed by atoms with Gasteiger partial charge in [-0.2, -0.15) is 0 Å². The van der Waals surface area contributed by atoms with Gasteiger partial charge in [0.1, 0.15) is 5.60 Å². The molecule has 162 valence electrons. The minimum atomic E-state index is -1.47. The molecule has 4 aliphatic carbocycles. The summed E-state index contributed by atoms with van der Waals surface area (Å²) >= 11 is 0. The molecule has 2 aromatic rings. The molecule has 4 bridgehead atoms. The van der Waals surface area contributed by atoms with Crippen LogP contribution >= 0.6 is 0 Å². The minimum Gasteiger partial charge on any atom is -0.457 e. The Bertz CT molecular complexity index is 907. The maximum absolute atomic E-state index is 13.1. The van der Waals surface area contributed by atoms with Crippen LogP contribution in [0.3, 0.4) is 0 Å². The zero-order valence-corrected chi connectivity index (χ0v) is 17.6. The van der Waals surface area contributed by atoms with E-state index in [0.29, 0.717) is 28.9 Å². The van der Waals surface area contributed by atoms with Crippen LogP contribution in [0.15, 0.2) is 60.7 Å². The molecule has 2 atom stereocenters. The van der Waals surface area contributed by atoms with Gasteiger partial charge in [0.15, 0.2) is 6.10 Å². The van der Waals surface area contributed by atoms with Gasteiger partial charge in [-0.3, -0.25) is 4.79 Å². The lowest BCUT2D eigenvalue weighted by Crippen LogP contribution is -2.54. The van der Waals surface area contributed by atoms with Crippen molar-refractivity contribution in [2.24, 2.45) is 17.8 Å². The summed E-state index contributed by atoms with van der Waals surface area (Å²) in [4.78, 5) is 25.9. The van der Waals surface area contributed by atoms with Crippen LogP contribution in [0.1, 0.15) is 60.5 Å². The van der Waals surface area contributed by atoms with E-state index in [4.69, 9.17) is 4.74 Å². The smallest absolute Gasteiger partial charge is 0.338 e. The summed E-state index contributed by atoms with van der Waals surface area (Å²) < 4.78 is 6.06. The van der Waals surface area contributed by atoms with Gasteiger partial charge in [-0.05, 0) is 74.0 Å². The summed E-state index contributed by atoms with van der Waals surface area (Å²) in [5.41, 5.74) is 0.712. The third kappa shape index (κ3) is 4.11. The van der Waals surface area contributed by atoms with Gasteiger partial charge in [0.05, 0.1) is 6.04 Å². The van der Waals surface area contributed by atoms with Crippen molar-refractivity contribution in [1.29, 1.82) is 0 Å². The Morgan fingerprint density at radius 2 is 1.39 bits per heavy atom. The molecule has 0 spiro atoms. The maximum atomic E-state index is 13.1. The average molecular weight is 420 g/mol. The number of hydrogen-bond donors (Lipinski definition) is 2. The van der Waals surface area contributed by atoms with E-state index in [1.807, 2.05) is 24.3 Å². The fraction of sp³-hybridized carbons (Fsp3) is 0.462. The van der Waals surface area contributed by atoms with Gasteiger partial charge < -0.3 is 15.2 Å². The minimum absolute atomic E-state index is 0.337. The third-order valence-corrected chi connectivity index (χ3v) is 7.34. The van der Waals surface area contributed by atoms with Gasteiger partial charge in [0.2, 0.25) is 0 Å². The quantitative estimate of drug-likeness (QED) is 0.693. The van der Waals surface area contributed by atoms with Crippen LogP contribution in [-0.2, 0) is 9.53 Å². The van der Waals surface area contributed by atoms with Crippen molar-refractivity contribution in [2.75, 3.05) is 0 Å². The molecule has 0 aromatic heterocycles. The number of ether oxygens (including phenoxy) is 1. The highest BCUT2D eigenvalue weighted by atomic mass is 16.6. The highest BCUT2D eigenvalue weighted by Gasteiger charge is 2.53. The summed E-state index contributed by atoms with van der Waals surface area (Å²) in [7, 11) is 0. The molecule has 1 amide bonds. The molecule has 6 rings (SSSR count). The number of hydrogen-bond acceptors (Lipinski definition) is 4. The molecule has 0 radical (unpaired) electrons. The zero-order valence-electron chi connectivity index (χ0n) is 17.6. The summed E-state index contributed by atoms with van der Waals surface area (Å²) in [5, 5.41) is 13.9. The van der Waals surface area contributed by atoms with Gasteiger partial charge in [-0.15, -0.1) is 0 Å². The fourth-order valence-electron chi connectivity index (χ4n) is 6.39. The summed E-state index contributed by atoms with van der Waals surface area (Å²) in [6, 6.07) is 17.1. The van der Waals surface area contributed by atoms with Crippen LogP contribution < -0.4 is 5.32 Å². The second-order valence-corrected chi connectivity index (χ2v) is 9.69. The Morgan fingerprint density at radius 1 is 0.871 bits per heavy atom. The summed E-state index contributed by atoms with van der Waals surface area (Å²) in [6.45, 7) is 0. The standard InChI is InChI=1S/C26H29NO4/c28-23(25(30)31-26-14-17-11-18(15-26)13-19(12-17)16-26)22(20-7-3-1-4-8-20)27-24(29)21-9-5-2-6-10-21/h1-10,17-19,22-23,28H,11-16H2,(H,27,29)/t17?,18?,19?,22-,23+,26?/m0/s1. The Hall–Kier alpha value is -2.66. The highest BCUT2D eigenvalue weighted by Crippen LogP contribution is 2.57. The summed E-state index contributed by atoms with van der Waals surface area (Å²) in [6.07, 6.45) is 5.00. The molecular weight excluding hydrogens is 390 g/mol. The van der Waals surface area contributed by atoms with E-state index in [0.717, 1.165) is 19.3 Å². The first-order valence-electron chi connectivity index (χ1n) is 11.3. The predicted molar refractivity (Wildman–Crippen MR) is 116 cm³/mol.